The zero-order valence-corrected chi connectivity index (χ0v) is 23.5. The number of methoxy groups -OCH3 is 1. The Morgan fingerprint density at radius 1 is 1.10 bits per heavy atom. The molecule has 40 heavy (non-hydrogen) atoms. The molecule has 0 saturated carbocycles. The molecule has 1 amide bonds. The molecular weight excluding hydrogens is 554 g/mol. The van der Waals surface area contributed by atoms with Crippen LogP contribution in [0.25, 0.3) is 5.95 Å². The highest BCUT2D eigenvalue weighted by molar-refractivity contribution is 7.89. The number of hydrogen-bond donors (Lipinski definition) is 1. The van der Waals surface area contributed by atoms with Gasteiger partial charge < -0.3 is 15.0 Å². The number of halogens is 1. The van der Waals surface area contributed by atoms with Crippen LogP contribution in [0.1, 0.15) is 11.1 Å². The molecule has 4 aromatic rings. The number of benzene rings is 2. The van der Waals surface area contributed by atoms with Gasteiger partial charge in [-0.1, -0.05) is 41.4 Å². The number of ether oxygens (including phenoxy) is 1. The summed E-state index contributed by atoms with van der Waals surface area (Å²) in [6.07, 6.45) is 4.84. The van der Waals surface area contributed by atoms with Crippen LogP contribution in [0.3, 0.4) is 0 Å². The van der Waals surface area contributed by atoms with Crippen LogP contribution in [0.4, 0.5) is 5.82 Å². The Hall–Kier alpha value is -4.00. The van der Waals surface area contributed by atoms with Gasteiger partial charge in [0.25, 0.3) is 0 Å². The predicted octanol–water partition coefficient (Wildman–Crippen LogP) is 2.83. The van der Waals surface area contributed by atoms with Crippen LogP contribution >= 0.6 is 11.6 Å². The zero-order valence-electron chi connectivity index (χ0n) is 21.9. The smallest absolute Gasteiger partial charge is 0.243 e. The monoisotopic (exact) mass is 581 g/mol. The minimum atomic E-state index is -3.96. The number of nitrogens with one attached hydrogen (secondary N) is 1. The van der Waals surface area contributed by atoms with E-state index in [0.717, 1.165) is 11.1 Å². The molecule has 1 saturated heterocycles. The van der Waals surface area contributed by atoms with Gasteiger partial charge >= 0.3 is 0 Å². The normalized spacial score (nSPS) is 16.1. The van der Waals surface area contributed by atoms with Crippen molar-refractivity contribution < 1.29 is 17.9 Å². The summed E-state index contributed by atoms with van der Waals surface area (Å²) in [5.41, 5.74) is 1.79. The zero-order chi connectivity index (χ0) is 28.3. The van der Waals surface area contributed by atoms with Crippen LogP contribution in [0.5, 0.6) is 5.75 Å². The molecule has 1 N–H and O–H groups in total. The maximum absolute atomic E-state index is 13.7. The fourth-order valence-electron chi connectivity index (χ4n) is 4.42. The maximum atomic E-state index is 13.7. The van der Waals surface area contributed by atoms with Gasteiger partial charge in [0.2, 0.25) is 21.9 Å². The number of piperazine rings is 1. The lowest BCUT2D eigenvalue weighted by atomic mass is 10.1. The SMILES string of the molecule is COc1ccc(CNC(=O)C2CN(c3cc(Cl)nc(-n4ccnc4)n3)CCN2S(=O)(=O)c2ccc(C)cc2)cc1. The number of carbonyl (C=O) groups is 1. The van der Waals surface area contributed by atoms with Crippen molar-refractivity contribution >= 4 is 33.3 Å². The number of aromatic nitrogens is 4. The van der Waals surface area contributed by atoms with E-state index in [-0.39, 0.29) is 29.7 Å². The van der Waals surface area contributed by atoms with E-state index in [1.165, 1.54) is 4.31 Å². The summed E-state index contributed by atoms with van der Waals surface area (Å²) in [6.45, 7) is 2.54. The number of nitrogens with zero attached hydrogens (tertiary/aromatic N) is 6. The Morgan fingerprint density at radius 3 is 2.52 bits per heavy atom. The number of rotatable bonds is 8. The Kier molecular flexibility index (Phi) is 8.01. The molecule has 3 heterocycles. The highest BCUT2D eigenvalue weighted by Gasteiger charge is 2.40. The number of carbonyl (C=O) groups excluding carboxylic acids is 1. The lowest BCUT2D eigenvalue weighted by Gasteiger charge is -2.40. The third-order valence-corrected chi connectivity index (χ3v) is 8.73. The molecule has 1 aliphatic rings. The van der Waals surface area contributed by atoms with E-state index < -0.39 is 22.0 Å². The van der Waals surface area contributed by atoms with Crippen molar-refractivity contribution in [3.8, 4) is 11.7 Å². The molecule has 13 heteroatoms. The van der Waals surface area contributed by atoms with E-state index >= 15 is 0 Å². The quantitative estimate of drug-likeness (QED) is 0.315. The number of amides is 1. The first-order chi connectivity index (χ1) is 19.2. The third kappa shape index (κ3) is 5.93. The Balaban J connectivity index is 1.43. The average molecular weight is 582 g/mol. The second-order valence-corrected chi connectivity index (χ2v) is 11.6. The highest BCUT2D eigenvalue weighted by Crippen LogP contribution is 2.26. The van der Waals surface area contributed by atoms with Gasteiger partial charge in [0.05, 0.1) is 12.0 Å². The van der Waals surface area contributed by atoms with Gasteiger partial charge in [0.1, 0.15) is 29.1 Å². The van der Waals surface area contributed by atoms with Crippen molar-refractivity contribution in [3.05, 3.63) is 89.6 Å². The van der Waals surface area contributed by atoms with Crippen molar-refractivity contribution in [2.75, 3.05) is 31.6 Å². The van der Waals surface area contributed by atoms with Crippen molar-refractivity contribution in [2.24, 2.45) is 0 Å². The third-order valence-electron chi connectivity index (χ3n) is 6.62. The first-order valence-electron chi connectivity index (χ1n) is 12.5. The summed E-state index contributed by atoms with van der Waals surface area (Å²) < 4.78 is 35.5. The van der Waals surface area contributed by atoms with Gasteiger partial charge in [-0.05, 0) is 36.8 Å². The minimum Gasteiger partial charge on any atom is -0.497 e. The molecular formula is C27H28ClN7O4S. The fourth-order valence-corrected chi connectivity index (χ4v) is 6.16. The van der Waals surface area contributed by atoms with Crippen molar-refractivity contribution in [2.45, 2.75) is 24.4 Å². The molecule has 2 aromatic carbocycles. The van der Waals surface area contributed by atoms with Gasteiger partial charge in [-0.2, -0.15) is 9.29 Å². The number of anilines is 1. The van der Waals surface area contributed by atoms with Gasteiger partial charge in [-0.3, -0.25) is 9.36 Å². The predicted molar refractivity (Wildman–Crippen MR) is 150 cm³/mol. The lowest BCUT2D eigenvalue weighted by molar-refractivity contribution is -0.125. The summed E-state index contributed by atoms with van der Waals surface area (Å²) in [6, 6.07) is 14.5. The van der Waals surface area contributed by atoms with E-state index in [4.69, 9.17) is 16.3 Å². The summed E-state index contributed by atoms with van der Waals surface area (Å²) >= 11 is 6.31. The molecule has 1 aliphatic heterocycles. The van der Waals surface area contributed by atoms with E-state index in [2.05, 4.69) is 20.3 Å². The summed E-state index contributed by atoms with van der Waals surface area (Å²) in [5.74, 6) is 1.07. The Morgan fingerprint density at radius 2 is 1.85 bits per heavy atom. The molecule has 11 nitrogen and oxygen atoms in total. The number of hydrogen-bond acceptors (Lipinski definition) is 8. The van der Waals surface area contributed by atoms with Gasteiger partial charge in [-0.15, -0.1) is 0 Å². The molecule has 1 atom stereocenters. The van der Waals surface area contributed by atoms with Gasteiger partial charge in [0.15, 0.2) is 0 Å². The largest absolute Gasteiger partial charge is 0.497 e. The van der Waals surface area contributed by atoms with Crippen LogP contribution in [0.2, 0.25) is 5.15 Å². The Bertz CT molecular complexity index is 1580. The van der Waals surface area contributed by atoms with Crippen molar-refractivity contribution in [1.29, 1.82) is 0 Å². The average Bonchev–Trinajstić information content (AvgIpc) is 3.51. The topological polar surface area (TPSA) is 123 Å². The Labute approximate surface area is 237 Å². The lowest BCUT2D eigenvalue weighted by Crippen LogP contribution is -2.60. The summed E-state index contributed by atoms with van der Waals surface area (Å²) in [7, 11) is -2.38. The van der Waals surface area contributed by atoms with E-state index in [9.17, 15) is 13.2 Å². The van der Waals surface area contributed by atoms with Crippen LogP contribution in [-0.2, 0) is 21.4 Å². The molecule has 0 spiro atoms. The molecule has 2 aromatic heterocycles. The fraction of sp³-hybridized carbons (Fsp3) is 0.259. The standard InChI is InChI=1S/C27H28ClN7O4S/c1-19-3-9-22(10-4-19)40(37,38)35-14-13-33(25-15-24(28)31-27(32-25)34-12-11-29-18-34)17-23(35)26(36)30-16-20-5-7-21(39-2)8-6-20/h3-12,15,18,23H,13-14,16-17H2,1-2H3,(H,30,36). The van der Waals surface area contributed by atoms with Gasteiger partial charge in [0, 0.05) is 44.6 Å². The second kappa shape index (κ2) is 11.6. The molecule has 1 unspecified atom stereocenters. The van der Waals surface area contributed by atoms with Crippen LogP contribution in [0, 0.1) is 6.92 Å². The first kappa shape index (κ1) is 27.6. The highest BCUT2D eigenvalue weighted by atomic mass is 35.5. The molecule has 1 fully saturated rings. The molecule has 208 valence electrons. The van der Waals surface area contributed by atoms with Crippen molar-refractivity contribution in [1.82, 2.24) is 29.1 Å². The van der Waals surface area contributed by atoms with Crippen LogP contribution < -0.4 is 15.0 Å². The second-order valence-electron chi connectivity index (χ2n) is 9.28. The van der Waals surface area contributed by atoms with E-state index in [0.29, 0.717) is 24.1 Å². The molecule has 0 aliphatic carbocycles. The first-order valence-corrected chi connectivity index (χ1v) is 14.3. The van der Waals surface area contributed by atoms with E-state index in [1.807, 2.05) is 24.0 Å². The summed E-state index contributed by atoms with van der Waals surface area (Å²) in [4.78, 5) is 28.4. The minimum absolute atomic E-state index is 0.0657. The van der Waals surface area contributed by atoms with Crippen LogP contribution in [0.15, 0.2) is 78.2 Å². The molecule has 0 bridgehead atoms. The number of aryl methyl sites for hydroxylation is 1. The maximum Gasteiger partial charge on any atom is 0.243 e. The summed E-state index contributed by atoms with van der Waals surface area (Å²) in [5, 5.41) is 3.11. The van der Waals surface area contributed by atoms with Crippen molar-refractivity contribution in [3.63, 3.8) is 0 Å². The number of imidazole rings is 1. The van der Waals surface area contributed by atoms with Crippen LogP contribution in [-0.4, -0.2) is 70.9 Å². The van der Waals surface area contributed by atoms with E-state index in [1.54, 1.807) is 72.9 Å². The molecule has 5 rings (SSSR count). The molecule has 0 radical (unpaired) electrons. The van der Waals surface area contributed by atoms with Gasteiger partial charge in [-0.25, -0.2) is 18.4 Å². The number of sulfonamides is 1.